The van der Waals surface area contributed by atoms with Crippen LogP contribution in [0.4, 0.5) is 0 Å². The zero-order chi connectivity index (χ0) is 17.5. The predicted octanol–water partition coefficient (Wildman–Crippen LogP) is 3.35. The highest BCUT2D eigenvalue weighted by Gasteiger charge is 2.18. The third kappa shape index (κ3) is 5.11. The van der Waals surface area contributed by atoms with Crippen LogP contribution in [0.15, 0.2) is 56.5 Å². The lowest BCUT2D eigenvalue weighted by Crippen LogP contribution is -2.42. The largest absolute Gasteiger partial charge is 0.468 e. The number of nitrogens with zero attached hydrogens (tertiary/aromatic N) is 3. The second kappa shape index (κ2) is 8.89. The highest BCUT2D eigenvalue weighted by molar-refractivity contribution is 9.10. The molecular formula is C18H25BrN4O. The van der Waals surface area contributed by atoms with Gasteiger partial charge in [-0.25, -0.2) is 0 Å². The third-order valence-corrected chi connectivity index (χ3v) is 4.38. The van der Waals surface area contributed by atoms with Gasteiger partial charge < -0.3 is 14.6 Å². The molecule has 2 rings (SSSR count). The van der Waals surface area contributed by atoms with Crippen molar-refractivity contribution in [1.29, 1.82) is 0 Å². The molecule has 0 aliphatic rings. The van der Waals surface area contributed by atoms with Gasteiger partial charge in [0.25, 0.3) is 0 Å². The molecular weight excluding hydrogens is 368 g/mol. The Kier molecular flexibility index (Phi) is 6.87. The number of likely N-dealkylation sites (N-methyl/N-ethyl adjacent to an activating group) is 1. The van der Waals surface area contributed by atoms with E-state index in [9.17, 15) is 0 Å². The SMILES string of the molecule is CN=C(NCC(c1ccco1)N(C)C)N(C)Cc1ccc(Br)cc1. The first-order valence-corrected chi connectivity index (χ1v) is 8.66. The summed E-state index contributed by atoms with van der Waals surface area (Å²) in [5.41, 5.74) is 1.24. The van der Waals surface area contributed by atoms with Gasteiger partial charge in [0.15, 0.2) is 5.96 Å². The standard InChI is InChI=1S/C18H25BrN4O/c1-20-18(23(4)13-14-7-9-15(19)10-8-14)21-12-16(22(2)3)17-6-5-11-24-17/h5-11,16H,12-13H2,1-4H3,(H,20,21). The van der Waals surface area contributed by atoms with Crippen LogP contribution >= 0.6 is 15.9 Å². The highest BCUT2D eigenvalue weighted by atomic mass is 79.9. The monoisotopic (exact) mass is 392 g/mol. The maximum atomic E-state index is 5.55. The van der Waals surface area contributed by atoms with Crippen molar-refractivity contribution in [3.05, 3.63) is 58.5 Å². The van der Waals surface area contributed by atoms with E-state index in [4.69, 9.17) is 4.42 Å². The van der Waals surface area contributed by atoms with Crippen LogP contribution in [0.3, 0.4) is 0 Å². The topological polar surface area (TPSA) is 44.0 Å². The van der Waals surface area contributed by atoms with E-state index in [2.05, 4.69) is 60.3 Å². The molecule has 0 radical (unpaired) electrons. The van der Waals surface area contributed by atoms with E-state index in [1.165, 1.54) is 5.56 Å². The first kappa shape index (κ1) is 18.5. The van der Waals surface area contributed by atoms with Crippen LogP contribution in [-0.2, 0) is 6.54 Å². The fraction of sp³-hybridized carbons (Fsp3) is 0.389. The van der Waals surface area contributed by atoms with Crippen LogP contribution in [0.5, 0.6) is 0 Å². The number of halogens is 1. The lowest BCUT2D eigenvalue weighted by Gasteiger charge is -2.27. The van der Waals surface area contributed by atoms with Crippen LogP contribution in [0, 0.1) is 0 Å². The van der Waals surface area contributed by atoms with E-state index in [1.54, 1.807) is 13.3 Å². The third-order valence-electron chi connectivity index (χ3n) is 3.85. The summed E-state index contributed by atoms with van der Waals surface area (Å²) >= 11 is 3.46. The van der Waals surface area contributed by atoms with Gasteiger partial charge in [0.2, 0.25) is 0 Å². The van der Waals surface area contributed by atoms with Gasteiger partial charge >= 0.3 is 0 Å². The maximum absolute atomic E-state index is 5.55. The van der Waals surface area contributed by atoms with Crippen molar-refractivity contribution < 1.29 is 4.42 Å². The van der Waals surface area contributed by atoms with Gasteiger partial charge in [-0.2, -0.15) is 0 Å². The van der Waals surface area contributed by atoms with E-state index in [0.717, 1.165) is 29.3 Å². The summed E-state index contributed by atoms with van der Waals surface area (Å²) in [6, 6.07) is 12.4. The molecule has 0 saturated carbocycles. The molecule has 1 heterocycles. The number of rotatable bonds is 6. The van der Waals surface area contributed by atoms with Crippen molar-refractivity contribution in [3.63, 3.8) is 0 Å². The predicted molar refractivity (Wildman–Crippen MR) is 102 cm³/mol. The maximum Gasteiger partial charge on any atom is 0.193 e. The summed E-state index contributed by atoms with van der Waals surface area (Å²) < 4.78 is 6.64. The van der Waals surface area contributed by atoms with Crippen molar-refractivity contribution in [1.82, 2.24) is 15.1 Å². The number of furan rings is 1. The first-order chi connectivity index (χ1) is 11.5. The second-order valence-corrected chi connectivity index (χ2v) is 6.82. The van der Waals surface area contributed by atoms with Gasteiger partial charge in [-0.05, 0) is 43.9 Å². The highest BCUT2D eigenvalue weighted by Crippen LogP contribution is 2.17. The number of benzene rings is 1. The average Bonchev–Trinajstić information content (AvgIpc) is 3.07. The Morgan fingerprint density at radius 2 is 1.92 bits per heavy atom. The normalized spacial score (nSPS) is 13.2. The minimum atomic E-state index is 0.151. The van der Waals surface area contributed by atoms with E-state index in [1.807, 2.05) is 33.3 Å². The fourth-order valence-corrected chi connectivity index (χ4v) is 2.79. The second-order valence-electron chi connectivity index (χ2n) is 5.91. The molecule has 0 spiro atoms. The quantitative estimate of drug-likeness (QED) is 0.604. The molecule has 5 nitrogen and oxygen atoms in total. The van der Waals surface area contributed by atoms with Crippen LogP contribution < -0.4 is 5.32 Å². The molecule has 1 aromatic carbocycles. The number of guanidine groups is 1. The summed E-state index contributed by atoms with van der Waals surface area (Å²) in [6.07, 6.45) is 1.71. The van der Waals surface area contributed by atoms with Gasteiger partial charge in [0, 0.05) is 31.7 Å². The molecule has 0 saturated heterocycles. The Balaban J connectivity index is 1.96. The molecule has 24 heavy (non-hydrogen) atoms. The number of hydrogen-bond donors (Lipinski definition) is 1. The van der Waals surface area contributed by atoms with Crippen LogP contribution in [0.2, 0.25) is 0 Å². The molecule has 0 bridgehead atoms. The molecule has 1 unspecified atom stereocenters. The van der Waals surface area contributed by atoms with Gasteiger partial charge in [-0.1, -0.05) is 28.1 Å². The summed E-state index contributed by atoms with van der Waals surface area (Å²) in [5.74, 6) is 1.80. The molecule has 1 aromatic heterocycles. The molecule has 0 fully saturated rings. The zero-order valence-corrected chi connectivity index (χ0v) is 16.2. The fourth-order valence-electron chi connectivity index (χ4n) is 2.53. The summed E-state index contributed by atoms with van der Waals surface area (Å²) in [5, 5.41) is 3.44. The Hall–Kier alpha value is -1.79. The van der Waals surface area contributed by atoms with E-state index < -0.39 is 0 Å². The Bertz CT molecular complexity index is 638. The Morgan fingerprint density at radius 3 is 2.46 bits per heavy atom. The summed E-state index contributed by atoms with van der Waals surface area (Å²) in [6.45, 7) is 1.51. The van der Waals surface area contributed by atoms with Crippen molar-refractivity contribution >= 4 is 21.9 Å². The molecule has 130 valence electrons. The molecule has 1 N–H and O–H groups in total. The average molecular weight is 393 g/mol. The van der Waals surface area contributed by atoms with E-state index in [0.29, 0.717) is 0 Å². The van der Waals surface area contributed by atoms with Crippen molar-refractivity contribution in [2.45, 2.75) is 12.6 Å². The molecule has 2 aromatic rings. The smallest absolute Gasteiger partial charge is 0.193 e. The Labute approximate surface area is 152 Å². The molecule has 0 amide bonds. The van der Waals surface area contributed by atoms with Crippen LogP contribution in [-0.4, -0.2) is 50.5 Å². The number of nitrogens with one attached hydrogen (secondary N) is 1. The van der Waals surface area contributed by atoms with Gasteiger partial charge in [-0.15, -0.1) is 0 Å². The summed E-state index contributed by atoms with van der Waals surface area (Å²) in [4.78, 5) is 8.63. The van der Waals surface area contributed by atoms with E-state index in [-0.39, 0.29) is 6.04 Å². The lowest BCUT2D eigenvalue weighted by molar-refractivity contribution is 0.256. The number of aliphatic imine (C=N–C) groups is 1. The molecule has 0 aliphatic heterocycles. The van der Waals surface area contributed by atoms with Gasteiger partial charge in [0.05, 0.1) is 12.3 Å². The Morgan fingerprint density at radius 1 is 1.21 bits per heavy atom. The van der Waals surface area contributed by atoms with Crippen LogP contribution in [0.1, 0.15) is 17.4 Å². The van der Waals surface area contributed by atoms with Gasteiger partial charge in [0.1, 0.15) is 5.76 Å². The number of hydrogen-bond acceptors (Lipinski definition) is 3. The first-order valence-electron chi connectivity index (χ1n) is 7.87. The van der Waals surface area contributed by atoms with Gasteiger partial charge in [-0.3, -0.25) is 9.89 Å². The van der Waals surface area contributed by atoms with Crippen molar-refractivity contribution in [2.24, 2.45) is 4.99 Å². The molecule has 1 atom stereocenters. The van der Waals surface area contributed by atoms with Crippen molar-refractivity contribution in [2.75, 3.05) is 34.7 Å². The molecule has 0 aliphatic carbocycles. The summed E-state index contributed by atoms with van der Waals surface area (Å²) in [7, 11) is 7.93. The van der Waals surface area contributed by atoms with E-state index >= 15 is 0 Å². The minimum absolute atomic E-state index is 0.151. The molecule has 6 heteroatoms. The van der Waals surface area contributed by atoms with Crippen molar-refractivity contribution in [3.8, 4) is 0 Å². The van der Waals surface area contributed by atoms with Crippen LogP contribution in [0.25, 0.3) is 0 Å². The lowest BCUT2D eigenvalue weighted by atomic mass is 10.2. The zero-order valence-electron chi connectivity index (χ0n) is 14.7. The minimum Gasteiger partial charge on any atom is -0.468 e.